The molecule has 2 heteroatoms. The van der Waals surface area contributed by atoms with E-state index in [0.29, 0.717) is 6.04 Å². The van der Waals surface area contributed by atoms with E-state index in [-0.39, 0.29) is 0 Å². The maximum absolute atomic E-state index is 4.18. The number of rotatable bonds is 4. The summed E-state index contributed by atoms with van der Waals surface area (Å²) in [5.74, 6) is 1.75. The van der Waals surface area contributed by atoms with Crippen LogP contribution in [0.3, 0.4) is 0 Å². The number of hydrogen-bond donors (Lipinski definition) is 1. The van der Waals surface area contributed by atoms with Crippen LogP contribution in [0.5, 0.6) is 0 Å². The van der Waals surface area contributed by atoms with Crippen LogP contribution >= 0.6 is 0 Å². The topological polar surface area (TPSA) is 24.9 Å². The monoisotopic (exact) mass is 232 g/mol. The normalized spacial score (nSPS) is 26.7. The molecule has 1 heterocycles. The van der Waals surface area contributed by atoms with Gasteiger partial charge in [0.15, 0.2) is 0 Å². The molecule has 1 aromatic heterocycles. The summed E-state index contributed by atoms with van der Waals surface area (Å²) in [6, 6.07) is 4.57. The Morgan fingerprint density at radius 2 is 2.24 bits per heavy atom. The molecule has 0 bridgehead atoms. The maximum Gasteiger partial charge on any atom is 0.0315 e. The average Bonchev–Trinajstić information content (AvgIpc) is 2.38. The van der Waals surface area contributed by atoms with Gasteiger partial charge in [0.2, 0.25) is 0 Å². The minimum absolute atomic E-state index is 0.415. The molecule has 94 valence electrons. The van der Waals surface area contributed by atoms with Crippen LogP contribution < -0.4 is 5.32 Å². The molecule has 1 aromatic rings. The zero-order valence-electron chi connectivity index (χ0n) is 11.0. The number of hydrogen-bond acceptors (Lipinski definition) is 2. The van der Waals surface area contributed by atoms with Gasteiger partial charge in [-0.1, -0.05) is 32.3 Å². The highest BCUT2D eigenvalue weighted by Gasteiger charge is 2.21. The summed E-state index contributed by atoms with van der Waals surface area (Å²) in [5.41, 5.74) is 1.29. The quantitative estimate of drug-likeness (QED) is 0.858. The van der Waals surface area contributed by atoms with Crippen LogP contribution in [0.25, 0.3) is 0 Å². The van der Waals surface area contributed by atoms with Gasteiger partial charge < -0.3 is 5.32 Å². The fourth-order valence-electron chi connectivity index (χ4n) is 2.77. The van der Waals surface area contributed by atoms with Crippen LogP contribution in [0.1, 0.15) is 51.1 Å². The molecular formula is C15H24N2. The third-order valence-electron chi connectivity index (χ3n) is 4.16. The van der Waals surface area contributed by atoms with Crippen LogP contribution in [0.2, 0.25) is 0 Å². The van der Waals surface area contributed by atoms with E-state index in [1.165, 1.54) is 31.2 Å². The van der Waals surface area contributed by atoms with Crippen molar-refractivity contribution < 1.29 is 0 Å². The molecule has 2 nitrogen and oxygen atoms in total. The van der Waals surface area contributed by atoms with Gasteiger partial charge >= 0.3 is 0 Å². The largest absolute Gasteiger partial charge is 0.310 e. The van der Waals surface area contributed by atoms with E-state index in [0.717, 1.165) is 18.4 Å². The molecule has 0 radical (unpaired) electrons. The zero-order chi connectivity index (χ0) is 12.1. The first-order valence-corrected chi connectivity index (χ1v) is 6.90. The number of nitrogens with one attached hydrogen (secondary N) is 1. The van der Waals surface area contributed by atoms with Crippen molar-refractivity contribution in [3.63, 3.8) is 0 Å². The summed E-state index contributed by atoms with van der Waals surface area (Å²) in [4.78, 5) is 4.18. The second-order valence-electron chi connectivity index (χ2n) is 5.44. The Hall–Kier alpha value is -0.890. The van der Waals surface area contributed by atoms with Crippen molar-refractivity contribution >= 4 is 0 Å². The molecule has 0 aromatic carbocycles. The van der Waals surface area contributed by atoms with E-state index in [1.54, 1.807) is 0 Å². The molecule has 3 unspecified atom stereocenters. The van der Waals surface area contributed by atoms with Gasteiger partial charge in [0.25, 0.3) is 0 Å². The molecule has 17 heavy (non-hydrogen) atoms. The Morgan fingerprint density at radius 1 is 1.41 bits per heavy atom. The Labute approximate surface area is 105 Å². The smallest absolute Gasteiger partial charge is 0.0315 e. The molecule has 1 saturated carbocycles. The van der Waals surface area contributed by atoms with Gasteiger partial charge in [-0.05, 0) is 43.4 Å². The number of aromatic nitrogens is 1. The van der Waals surface area contributed by atoms with Crippen molar-refractivity contribution in [1.29, 1.82) is 0 Å². The summed E-state index contributed by atoms with van der Waals surface area (Å²) in [7, 11) is 0. The highest BCUT2D eigenvalue weighted by Crippen LogP contribution is 2.29. The molecule has 0 amide bonds. The lowest BCUT2D eigenvalue weighted by molar-refractivity contribution is 0.242. The van der Waals surface area contributed by atoms with Crippen molar-refractivity contribution in [3.8, 4) is 0 Å². The zero-order valence-corrected chi connectivity index (χ0v) is 11.0. The Balaban J connectivity index is 1.81. The van der Waals surface area contributed by atoms with Gasteiger partial charge in [-0.3, -0.25) is 4.98 Å². The highest BCUT2D eigenvalue weighted by molar-refractivity contribution is 5.12. The summed E-state index contributed by atoms with van der Waals surface area (Å²) < 4.78 is 0. The molecule has 1 fully saturated rings. The Bertz CT molecular complexity index is 323. The summed E-state index contributed by atoms with van der Waals surface area (Å²) in [6.45, 7) is 5.78. The molecule has 0 saturated heterocycles. The second-order valence-corrected chi connectivity index (χ2v) is 5.44. The lowest BCUT2D eigenvalue weighted by atomic mass is 9.80. The molecule has 2 rings (SSSR count). The van der Waals surface area contributed by atoms with Gasteiger partial charge in [0.05, 0.1) is 0 Å². The van der Waals surface area contributed by atoms with Crippen LogP contribution in [0.15, 0.2) is 24.5 Å². The summed E-state index contributed by atoms with van der Waals surface area (Å²) in [6.07, 6.45) is 9.44. The third-order valence-corrected chi connectivity index (χ3v) is 4.16. The lowest BCUT2D eigenvalue weighted by Crippen LogP contribution is -2.31. The fraction of sp³-hybridized carbons (Fsp3) is 0.667. The molecule has 1 aliphatic rings. The molecule has 1 N–H and O–H groups in total. The van der Waals surface area contributed by atoms with E-state index >= 15 is 0 Å². The highest BCUT2D eigenvalue weighted by atomic mass is 14.9. The standard InChI is InChI=1S/C15H24N2/c1-12-6-3-4-7-14(12)11-17-13(2)15-8-5-9-16-10-15/h5,8-10,12-14,17H,3-4,6-7,11H2,1-2H3. The van der Waals surface area contributed by atoms with Gasteiger partial charge in [0.1, 0.15) is 0 Å². The first-order valence-electron chi connectivity index (χ1n) is 6.90. The van der Waals surface area contributed by atoms with E-state index in [4.69, 9.17) is 0 Å². The van der Waals surface area contributed by atoms with Gasteiger partial charge in [-0.2, -0.15) is 0 Å². The van der Waals surface area contributed by atoms with E-state index in [1.807, 2.05) is 18.5 Å². The van der Waals surface area contributed by atoms with E-state index < -0.39 is 0 Å². The van der Waals surface area contributed by atoms with Crippen LogP contribution in [0, 0.1) is 11.8 Å². The fourth-order valence-corrected chi connectivity index (χ4v) is 2.77. The first kappa shape index (κ1) is 12.6. The van der Waals surface area contributed by atoms with Crippen molar-refractivity contribution in [2.45, 2.75) is 45.6 Å². The first-order chi connectivity index (χ1) is 8.27. The second kappa shape index (κ2) is 6.15. The van der Waals surface area contributed by atoms with Gasteiger partial charge in [0, 0.05) is 18.4 Å². The predicted octanol–water partition coefficient (Wildman–Crippen LogP) is 3.56. The molecule has 1 aliphatic carbocycles. The van der Waals surface area contributed by atoms with Crippen LogP contribution in [0.4, 0.5) is 0 Å². The van der Waals surface area contributed by atoms with Gasteiger partial charge in [-0.25, -0.2) is 0 Å². The van der Waals surface area contributed by atoms with Crippen LogP contribution in [-0.2, 0) is 0 Å². The molecule has 0 spiro atoms. The third kappa shape index (κ3) is 3.53. The number of nitrogens with zero attached hydrogens (tertiary/aromatic N) is 1. The predicted molar refractivity (Wildman–Crippen MR) is 71.8 cm³/mol. The number of pyridine rings is 1. The lowest BCUT2D eigenvalue weighted by Gasteiger charge is -2.30. The molecular weight excluding hydrogens is 208 g/mol. The maximum atomic E-state index is 4.18. The minimum atomic E-state index is 0.415. The Kier molecular flexibility index (Phi) is 4.55. The van der Waals surface area contributed by atoms with E-state index in [2.05, 4.69) is 30.2 Å². The van der Waals surface area contributed by atoms with Crippen molar-refractivity contribution in [2.75, 3.05) is 6.54 Å². The van der Waals surface area contributed by atoms with Crippen LogP contribution in [-0.4, -0.2) is 11.5 Å². The summed E-state index contributed by atoms with van der Waals surface area (Å²) in [5, 5.41) is 3.66. The molecule has 0 aliphatic heterocycles. The average molecular weight is 232 g/mol. The molecule has 3 atom stereocenters. The minimum Gasteiger partial charge on any atom is -0.310 e. The summed E-state index contributed by atoms with van der Waals surface area (Å²) >= 11 is 0. The Morgan fingerprint density at radius 3 is 2.94 bits per heavy atom. The van der Waals surface area contributed by atoms with E-state index in [9.17, 15) is 0 Å². The van der Waals surface area contributed by atoms with Crippen molar-refractivity contribution in [3.05, 3.63) is 30.1 Å². The van der Waals surface area contributed by atoms with Crippen molar-refractivity contribution in [2.24, 2.45) is 11.8 Å². The SMILES string of the molecule is CC(NCC1CCCCC1C)c1cccnc1. The van der Waals surface area contributed by atoms with Gasteiger partial charge in [-0.15, -0.1) is 0 Å². The van der Waals surface area contributed by atoms with Crippen molar-refractivity contribution in [1.82, 2.24) is 10.3 Å².